The molecule has 2 aliphatic heterocycles. The third kappa shape index (κ3) is 4.76. The first kappa shape index (κ1) is 17.4. The molecule has 0 aromatic carbocycles. The van der Waals surface area contributed by atoms with Crippen LogP contribution in [0.15, 0.2) is 0 Å². The number of ether oxygens (including phenoxy) is 3. The first-order valence-corrected chi connectivity index (χ1v) is 7.79. The van der Waals surface area contributed by atoms with Crippen LogP contribution in [0.25, 0.3) is 0 Å². The van der Waals surface area contributed by atoms with E-state index in [2.05, 4.69) is 5.92 Å². The highest BCUT2D eigenvalue weighted by Crippen LogP contribution is 2.23. The number of hydrogen-bond donors (Lipinski definition) is 0. The zero-order valence-electron chi connectivity index (χ0n) is 13.9. The average molecular weight is 324 g/mol. The molecule has 0 aliphatic carbocycles. The summed E-state index contributed by atoms with van der Waals surface area (Å²) >= 11 is 0. The highest BCUT2D eigenvalue weighted by atomic mass is 16.6. The topological polar surface area (TPSA) is 68.3 Å². The van der Waals surface area contributed by atoms with Gasteiger partial charge in [-0.25, -0.2) is 9.59 Å². The molecule has 2 heterocycles. The zero-order valence-corrected chi connectivity index (χ0v) is 13.9. The second-order valence-corrected chi connectivity index (χ2v) is 6.66. The second kappa shape index (κ2) is 7.09. The minimum absolute atomic E-state index is 0.250. The number of terminal acetylenes is 1. The smallest absolute Gasteiger partial charge is 0.411 e. The fraction of sp³-hybridized carbons (Fsp3) is 0.750. The molecule has 0 bridgehead atoms. The van der Waals surface area contributed by atoms with E-state index in [1.807, 2.05) is 0 Å². The fourth-order valence-electron chi connectivity index (χ4n) is 2.53. The van der Waals surface area contributed by atoms with E-state index in [0.717, 1.165) is 0 Å². The van der Waals surface area contributed by atoms with Crippen LogP contribution in [0, 0.1) is 12.3 Å². The van der Waals surface area contributed by atoms with Crippen LogP contribution in [0.4, 0.5) is 9.59 Å². The van der Waals surface area contributed by atoms with Gasteiger partial charge in [0.15, 0.2) is 0 Å². The van der Waals surface area contributed by atoms with Crippen molar-refractivity contribution in [3.63, 3.8) is 0 Å². The van der Waals surface area contributed by atoms with Crippen LogP contribution in [-0.2, 0) is 14.2 Å². The molecule has 2 rings (SSSR count). The highest BCUT2D eigenvalue weighted by Gasteiger charge is 2.39. The Morgan fingerprint density at radius 2 is 1.87 bits per heavy atom. The number of carbonyl (C=O) groups excluding carboxylic acids is 2. The van der Waals surface area contributed by atoms with Gasteiger partial charge in [-0.2, -0.15) is 0 Å². The SMILES string of the molecule is C#C[C@@H]1C[C@@H](OC(=O)N2CCOCC2)CN1C(=O)OC(C)(C)C. The lowest BCUT2D eigenvalue weighted by atomic mass is 10.2. The molecule has 0 aromatic heterocycles. The largest absolute Gasteiger partial charge is 0.444 e. The molecule has 2 atom stereocenters. The van der Waals surface area contributed by atoms with Crippen molar-refractivity contribution in [2.24, 2.45) is 0 Å². The van der Waals surface area contributed by atoms with Crippen LogP contribution in [0.2, 0.25) is 0 Å². The number of amides is 2. The third-order valence-electron chi connectivity index (χ3n) is 3.62. The third-order valence-corrected chi connectivity index (χ3v) is 3.62. The van der Waals surface area contributed by atoms with E-state index >= 15 is 0 Å². The van der Waals surface area contributed by atoms with Crippen LogP contribution in [-0.4, -0.2) is 72.6 Å². The summed E-state index contributed by atoms with van der Waals surface area (Å²) in [6.45, 7) is 7.68. The van der Waals surface area contributed by atoms with Crippen molar-refractivity contribution in [2.45, 2.75) is 44.9 Å². The number of hydrogen-bond acceptors (Lipinski definition) is 5. The minimum Gasteiger partial charge on any atom is -0.444 e. The Bertz CT molecular complexity index is 488. The molecular weight excluding hydrogens is 300 g/mol. The van der Waals surface area contributed by atoms with Crippen molar-refractivity contribution >= 4 is 12.2 Å². The summed E-state index contributed by atoms with van der Waals surface area (Å²) < 4.78 is 16.0. The molecule has 0 saturated carbocycles. The number of rotatable bonds is 1. The Hall–Kier alpha value is -1.94. The minimum atomic E-state index is -0.598. The van der Waals surface area contributed by atoms with Gasteiger partial charge in [0.25, 0.3) is 0 Å². The fourth-order valence-corrected chi connectivity index (χ4v) is 2.53. The van der Waals surface area contributed by atoms with Crippen molar-refractivity contribution in [1.29, 1.82) is 0 Å². The summed E-state index contributed by atoms with van der Waals surface area (Å²) in [5, 5.41) is 0. The van der Waals surface area contributed by atoms with Gasteiger partial charge < -0.3 is 19.1 Å². The van der Waals surface area contributed by atoms with E-state index in [4.69, 9.17) is 20.6 Å². The second-order valence-electron chi connectivity index (χ2n) is 6.66. The van der Waals surface area contributed by atoms with Crippen molar-refractivity contribution < 1.29 is 23.8 Å². The molecule has 7 nitrogen and oxygen atoms in total. The first-order chi connectivity index (χ1) is 10.8. The molecule has 2 saturated heterocycles. The van der Waals surface area contributed by atoms with E-state index in [0.29, 0.717) is 32.7 Å². The van der Waals surface area contributed by atoms with Gasteiger partial charge in [-0.05, 0) is 20.8 Å². The molecule has 0 unspecified atom stereocenters. The predicted molar refractivity (Wildman–Crippen MR) is 82.8 cm³/mol. The van der Waals surface area contributed by atoms with E-state index in [-0.39, 0.29) is 12.6 Å². The van der Waals surface area contributed by atoms with E-state index in [1.165, 1.54) is 4.90 Å². The Morgan fingerprint density at radius 3 is 2.43 bits per heavy atom. The average Bonchev–Trinajstić information content (AvgIpc) is 2.89. The van der Waals surface area contributed by atoms with Crippen molar-refractivity contribution in [3.8, 4) is 12.3 Å². The molecule has 23 heavy (non-hydrogen) atoms. The monoisotopic (exact) mass is 324 g/mol. The van der Waals surface area contributed by atoms with Crippen molar-refractivity contribution in [3.05, 3.63) is 0 Å². The maximum atomic E-state index is 12.2. The van der Waals surface area contributed by atoms with Crippen LogP contribution in [0.1, 0.15) is 27.2 Å². The molecule has 0 N–H and O–H groups in total. The summed E-state index contributed by atoms with van der Waals surface area (Å²) in [6.07, 6.45) is 4.63. The number of carbonyl (C=O) groups is 2. The van der Waals surface area contributed by atoms with E-state index < -0.39 is 23.8 Å². The van der Waals surface area contributed by atoms with Gasteiger partial charge in [0, 0.05) is 19.5 Å². The lowest BCUT2D eigenvalue weighted by Gasteiger charge is -2.27. The summed E-state index contributed by atoms with van der Waals surface area (Å²) in [4.78, 5) is 27.4. The normalized spacial score (nSPS) is 25.0. The van der Waals surface area contributed by atoms with Gasteiger partial charge in [-0.3, -0.25) is 4.90 Å². The molecule has 0 radical (unpaired) electrons. The van der Waals surface area contributed by atoms with Gasteiger partial charge in [-0.15, -0.1) is 6.42 Å². The van der Waals surface area contributed by atoms with Gasteiger partial charge in [0.2, 0.25) is 0 Å². The molecule has 128 valence electrons. The lowest BCUT2D eigenvalue weighted by Crippen LogP contribution is -2.43. The molecule has 7 heteroatoms. The van der Waals surface area contributed by atoms with Crippen molar-refractivity contribution in [2.75, 3.05) is 32.8 Å². The Labute approximate surface area is 136 Å². The molecule has 2 amide bonds. The zero-order chi connectivity index (χ0) is 17.0. The Morgan fingerprint density at radius 1 is 1.22 bits per heavy atom. The van der Waals surface area contributed by atoms with Crippen molar-refractivity contribution in [1.82, 2.24) is 9.80 Å². The van der Waals surface area contributed by atoms with E-state index in [1.54, 1.807) is 25.7 Å². The van der Waals surface area contributed by atoms with Gasteiger partial charge in [0.1, 0.15) is 11.7 Å². The summed E-state index contributed by atoms with van der Waals surface area (Å²) in [5.74, 6) is 2.56. The summed E-state index contributed by atoms with van der Waals surface area (Å²) in [7, 11) is 0. The van der Waals surface area contributed by atoms with Crippen LogP contribution < -0.4 is 0 Å². The molecule has 0 spiro atoms. The lowest BCUT2D eigenvalue weighted by molar-refractivity contribution is 0.00952. The van der Waals surface area contributed by atoms with Crippen LogP contribution in [0.3, 0.4) is 0 Å². The number of likely N-dealkylation sites (tertiary alicyclic amines) is 1. The Balaban J connectivity index is 1.91. The van der Waals surface area contributed by atoms with E-state index in [9.17, 15) is 9.59 Å². The quantitative estimate of drug-likeness (QED) is 0.683. The highest BCUT2D eigenvalue weighted by molar-refractivity contribution is 5.70. The van der Waals surface area contributed by atoms with Gasteiger partial charge in [-0.1, -0.05) is 5.92 Å². The standard InChI is InChI=1S/C16H24N2O5/c1-5-12-10-13(11-18(12)15(20)23-16(2,3)4)22-14(19)17-6-8-21-9-7-17/h1,12-13H,6-11H2,2-4H3/t12-,13-/m1/s1. The molecular formula is C16H24N2O5. The molecule has 0 aromatic rings. The summed E-state index contributed by atoms with van der Waals surface area (Å²) in [6, 6.07) is -0.424. The van der Waals surface area contributed by atoms with Crippen LogP contribution >= 0.6 is 0 Å². The predicted octanol–water partition coefficient (Wildman–Crippen LogP) is 1.47. The summed E-state index contributed by atoms with van der Waals surface area (Å²) in [5.41, 5.74) is -0.598. The molecule has 2 fully saturated rings. The molecule has 2 aliphatic rings. The maximum Gasteiger partial charge on any atom is 0.411 e. The van der Waals surface area contributed by atoms with Crippen LogP contribution in [0.5, 0.6) is 0 Å². The Kier molecular flexibility index (Phi) is 5.37. The number of morpholine rings is 1. The maximum absolute atomic E-state index is 12.2. The van der Waals surface area contributed by atoms with Gasteiger partial charge >= 0.3 is 12.2 Å². The number of nitrogens with zero attached hydrogens (tertiary/aromatic N) is 2. The first-order valence-electron chi connectivity index (χ1n) is 7.79. The van der Waals surface area contributed by atoms with Gasteiger partial charge in [0.05, 0.1) is 25.8 Å².